The third kappa shape index (κ3) is 29.1. The van der Waals surface area contributed by atoms with Crippen LogP contribution in [0.5, 0.6) is 0 Å². The number of unbranched alkanes of at least 4 members (excludes halogenated alkanes) is 4. The second kappa shape index (κ2) is 49.4. The van der Waals surface area contributed by atoms with Crippen molar-refractivity contribution in [2.24, 2.45) is 64.1 Å². The molecular weight excluding hydrogens is 1460 g/mol. The van der Waals surface area contributed by atoms with E-state index in [1.165, 1.54) is 50.5 Å². The Kier molecular flexibility index (Phi) is 42.0. The highest BCUT2D eigenvalue weighted by Gasteiger charge is 2.59. The predicted octanol–water partition coefficient (Wildman–Crippen LogP) is 5.54. The lowest BCUT2D eigenvalue weighted by molar-refractivity contribution is -0.282. The van der Waals surface area contributed by atoms with Gasteiger partial charge in [-0.05, 0) is 168 Å². The van der Waals surface area contributed by atoms with Gasteiger partial charge in [0, 0.05) is 115 Å². The van der Waals surface area contributed by atoms with E-state index in [0.29, 0.717) is 95.1 Å². The van der Waals surface area contributed by atoms with Crippen LogP contribution in [0.25, 0.3) is 0 Å². The largest absolute Gasteiger partial charge is 0.462 e. The lowest BCUT2D eigenvalue weighted by Gasteiger charge is -2.58. The molecule has 0 aromatic rings. The second-order valence-corrected chi connectivity index (χ2v) is 34.6. The number of aliphatic hydroxyl groups excluding tert-OH is 9. The van der Waals surface area contributed by atoms with Crippen molar-refractivity contribution in [1.82, 2.24) is 26.2 Å². The molecule has 0 radical (unpaired) electrons. The van der Waals surface area contributed by atoms with Gasteiger partial charge < -0.3 is 115 Å². The number of rotatable bonds is 52. The first kappa shape index (κ1) is 96.0. The lowest BCUT2D eigenvalue weighted by Crippen LogP contribution is -2.55. The molecule has 3 saturated heterocycles. The normalized spacial score (nSPS) is 32.8. The number of carbonyl (C=O) groups excluding carboxylic acids is 6. The van der Waals surface area contributed by atoms with Crippen LogP contribution < -0.4 is 21.3 Å². The Morgan fingerprint density at radius 2 is 1.00 bits per heavy atom. The van der Waals surface area contributed by atoms with Crippen molar-refractivity contribution in [2.75, 3.05) is 98.8 Å². The number of allylic oxidation sites excluding steroid dienone is 1. The van der Waals surface area contributed by atoms with Crippen molar-refractivity contribution < 1.29 is 117 Å². The molecule has 29 heteroatoms. The Morgan fingerprint density at radius 1 is 0.504 bits per heavy atom. The van der Waals surface area contributed by atoms with E-state index in [-0.39, 0.29) is 145 Å². The Hall–Kier alpha value is -4.12. The van der Waals surface area contributed by atoms with E-state index in [4.69, 9.17) is 42.6 Å². The van der Waals surface area contributed by atoms with Gasteiger partial charge in [0.25, 0.3) is 0 Å². The maximum absolute atomic E-state index is 14.8. The van der Waals surface area contributed by atoms with Crippen molar-refractivity contribution in [3.8, 4) is 0 Å². The molecule has 4 aliphatic carbocycles. The molecule has 0 bridgehead atoms. The molecule has 13 N–H and O–H groups in total. The summed E-state index contributed by atoms with van der Waals surface area (Å²) >= 11 is 0. The molecule has 652 valence electrons. The van der Waals surface area contributed by atoms with Gasteiger partial charge in [0.1, 0.15) is 48.8 Å². The summed E-state index contributed by atoms with van der Waals surface area (Å²) in [5.41, 5.74) is 2.10. The van der Waals surface area contributed by atoms with Crippen LogP contribution in [-0.4, -0.2) is 271 Å². The van der Waals surface area contributed by atoms with Crippen molar-refractivity contribution in [1.29, 1.82) is 0 Å². The summed E-state index contributed by atoms with van der Waals surface area (Å²) in [7, 11) is 0. The highest BCUT2D eigenvalue weighted by molar-refractivity contribution is 5.87. The van der Waals surface area contributed by atoms with Crippen molar-refractivity contribution in [3.63, 3.8) is 0 Å². The molecule has 0 spiro atoms. The summed E-state index contributed by atoms with van der Waals surface area (Å²) < 4.78 is 52.1. The van der Waals surface area contributed by atoms with E-state index in [0.717, 1.165) is 55.3 Å². The number of carbonyl (C=O) groups is 6. The summed E-state index contributed by atoms with van der Waals surface area (Å²) in [5.74, 6) is 1.30. The van der Waals surface area contributed by atoms with Crippen molar-refractivity contribution >= 4 is 35.5 Å². The molecule has 7 aliphatic rings. The molecule has 5 amide bonds. The standard InChI is InChI=1S/C84H147N5O24/c1-53(2)21-17-22-54(3)61-30-31-62-60-29-28-58-49-59(32-35-83(58,7)63(60)33-36-84(61,62)8)110-72(97)27-18-42-105-47-48-106-46-34-71(96)88-64(23-9-13-37-85-68(93)24-10-14-43-107-80-55(4)73(98)76(101)65(50-90)111-80)79(104)89(40-19-38-86-69(94)25-11-15-44-108-81-56(5)74(99)77(102)66(51-91)112-81)41-20-39-87-70(95)26-12-16-45-109-82-57(6)75(100)78(103)67(52-92)113-82/h28,53-57,59-67,73-78,80-82,90-92,98-103H,9-27,29-52H2,1-8H3,(H,85,93)(H,86,94)(H,87,95)(H,88,96)/t54-,55?,56?,57?,59+,60?,61?,62?,63?,64?,65?,66?,67?,73?,74?,75?,76?,77?,78?,80?,81?,82?,83+,84-/m1/s1. The van der Waals surface area contributed by atoms with Gasteiger partial charge >= 0.3 is 5.97 Å². The maximum atomic E-state index is 14.8. The maximum Gasteiger partial charge on any atom is 0.306 e. The number of nitrogens with zero attached hydrogens (tertiary/aromatic N) is 1. The van der Waals surface area contributed by atoms with Gasteiger partial charge in [-0.1, -0.05) is 86.3 Å². The van der Waals surface area contributed by atoms with Gasteiger partial charge in [-0.25, -0.2) is 0 Å². The molecule has 24 atom stereocenters. The summed E-state index contributed by atoms with van der Waals surface area (Å²) in [6, 6.07) is -0.994. The van der Waals surface area contributed by atoms with E-state index < -0.39 is 123 Å². The van der Waals surface area contributed by atoms with Gasteiger partial charge in [-0.3, -0.25) is 28.8 Å². The number of esters is 1. The van der Waals surface area contributed by atoms with Gasteiger partial charge in [0.2, 0.25) is 29.5 Å². The molecule has 6 fully saturated rings. The first-order valence-electron chi connectivity index (χ1n) is 43.3. The minimum atomic E-state index is -1.25. The molecule has 3 aliphatic heterocycles. The van der Waals surface area contributed by atoms with Crippen LogP contribution in [0.2, 0.25) is 0 Å². The Morgan fingerprint density at radius 3 is 1.50 bits per heavy atom. The van der Waals surface area contributed by atoms with Gasteiger partial charge in [-0.2, -0.15) is 0 Å². The molecule has 7 rings (SSSR count). The van der Waals surface area contributed by atoms with Crippen molar-refractivity contribution in [3.05, 3.63) is 11.6 Å². The number of hydrogen-bond donors (Lipinski definition) is 13. The fraction of sp³-hybridized carbons (Fsp3) is 0.905. The zero-order valence-electron chi connectivity index (χ0n) is 69.4. The number of nitrogens with one attached hydrogen (secondary N) is 4. The highest BCUT2D eigenvalue weighted by atomic mass is 16.7. The second-order valence-electron chi connectivity index (χ2n) is 34.6. The van der Waals surface area contributed by atoms with Crippen LogP contribution in [0.3, 0.4) is 0 Å². The monoisotopic (exact) mass is 1610 g/mol. The Bertz CT molecular complexity index is 2780. The third-order valence-corrected chi connectivity index (χ3v) is 25.9. The zero-order chi connectivity index (χ0) is 82.2. The molecule has 113 heavy (non-hydrogen) atoms. The van der Waals surface area contributed by atoms with Gasteiger partial charge in [-0.15, -0.1) is 0 Å². The Balaban J connectivity index is 0.859. The molecule has 0 aromatic carbocycles. The first-order valence-corrected chi connectivity index (χ1v) is 43.3. The lowest BCUT2D eigenvalue weighted by atomic mass is 9.47. The van der Waals surface area contributed by atoms with E-state index in [2.05, 4.69) is 62.0 Å². The average Bonchev–Trinajstić information content (AvgIpc) is 1.65. The fourth-order valence-electron chi connectivity index (χ4n) is 18.8. The van der Waals surface area contributed by atoms with Crippen molar-refractivity contribution in [2.45, 2.75) is 321 Å². The average molecular weight is 1610 g/mol. The first-order chi connectivity index (χ1) is 54.1. The summed E-state index contributed by atoms with van der Waals surface area (Å²) in [5, 5.41) is 102. The van der Waals surface area contributed by atoms with Crippen LogP contribution >= 0.6 is 0 Å². The van der Waals surface area contributed by atoms with Crippen LogP contribution in [0.1, 0.15) is 235 Å². The third-order valence-electron chi connectivity index (χ3n) is 25.9. The van der Waals surface area contributed by atoms with Crippen LogP contribution in [0, 0.1) is 64.1 Å². The van der Waals surface area contributed by atoms with E-state index in [1.807, 2.05) is 0 Å². The van der Waals surface area contributed by atoms with Crippen LogP contribution in [0.15, 0.2) is 11.6 Å². The zero-order valence-corrected chi connectivity index (χ0v) is 69.4. The smallest absolute Gasteiger partial charge is 0.306 e. The molecule has 20 unspecified atom stereocenters. The quantitative estimate of drug-likeness (QED) is 0.0202. The number of aliphatic hydroxyl groups is 9. The topological polar surface area (TPSA) is 419 Å². The predicted molar refractivity (Wildman–Crippen MR) is 419 cm³/mol. The molecule has 3 saturated carbocycles. The molecule has 29 nitrogen and oxygen atoms in total. The van der Waals surface area contributed by atoms with E-state index in [9.17, 15) is 74.7 Å². The van der Waals surface area contributed by atoms with E-state index in [1.54, 1.807) is 25.7 Å². The minimum Gasteiger partial charge on any atom is -0.462 e. The minimum absolute atomic E-state index is 0.0357. The molecule has 0 aromatic heterocycles. The Labute approximate surface area is 671 Å². The van der Waals surface area contributed by atoms with Gasteiger partial charge in [0.05, 0.1) is 58.0 Å². The number of fused-ring (bicyclic) bond motifs is 5. The number of hydrogen-bond acceptors (Lipinski definition) is 24. The summed E-state index contributed by atoms with van der Waals surface area (Å²) in [6.07, 6.45) is 8.97. The summed E-state index contributed by atoms with van der Waals surface area (Å²) in [4.78, 5) is 82.6. The van der Waals surface area contributed by atoms with Gasteiger partial charge in [0.15, 0.2) is 18.9 Å². The van der Waals surface area contributed by atoms with E-state index >= 15 is 0 Å². The highest BCUT2D eigenvalue weighted by Crippen LogP contribution is 2.67. The van der Waals surface area contributed by atoms with Crippen LogP contribution in [0.4, 0.5) is 0 Å². The molecule has 3 heterocycles. The number of ether oxygens (including phenoxy) is 9. The summed E-state index contributed by atoms with van der Waals surface area (Å²) in [6.45, 7) is 18.5. The fourth-order valence-corrected chi connectivity index (χ4v) is 18.8. The van der Waals surface area contributed by atoms with Crippen LogP contribution in [-0.2, 0) is 71.4 Å². The number of amides is 5. The SMILES string of the molecule is CC(C)CCC[C@@H](C)C1CCC2C3CC=C4C[C@@H](OC(=O)CCCOCCOCCC(=O)NC(CCCCNC(=O)CCCCOC5OC(CO)C(O)C(O)C5C)C(=O)N(CCCNC(=O)CCCCOC5OC(CO)C(O)C(O)C5C)CCCNC(=O)CCCCOC5OC(CO)C(O)C(O)C5C)CC[C@]4(C)C3CC[C@@]21C. The molecular formula is C84H147N5O24.